The van der Waals surface area contributed by atoms with Crippen LogP contribution < -0.4 is 10.2 Å². The average Bonchev–Trinajstić information content (AvgIpc) is 3.07. The van der Waals surface area contributed by atoms with E-state index in [9.17, 15) is 30.8 Å². The second-order valence-electron chi connectivity index (χ2n) is 8.37. The summed E-state index contributed by atoms with van der Waals surface area (Å²) in [6, 6.07) is 16.6. The Kier molecular flexibility index (Phi) is 6.79. The first-order valence-electron chi connectivity index (χ1n) is 10.7. The summed E-state index contributed by atoms with van der Waals surface area (Å²) in [6.45, 7) is 0. The van der Waals surface area contributed by atoms with Crippen LogP contribution in [0.5, 0.6) is 0 Å². The molecule has 0 radical (unpaired) electrons. The lowest BCUT2D eigenvalue weighted by atomic mass is 9.92. The molecule has 1 saturated heterocycles. The van der Waals surface area contributed by atoms with Crippen LogP contribution in [0.3, 0.4) is 0 Å². The van der Waals surface area contributed by atoms with E-state index in [1.54, 1.807) is 30.3 Å². The largest absolute Gasteiger partial charge is 0.417 e. The fourth-order valence-corrected chi connectivity index (χ4v) is 6.17. The highest BCUT2D eigenvalue weighted by atomic mass is 32.2. The zero-order chi connectivity index (χ0) is 27.0. The molecule has 1 aliphatic heterocycles. The van der Waals surface area contributed by atoms with Crippen LogP contribution in [-0.4, -0.2) is 30.7 Å². The van der Waals surface area contributed by atoms with Gasteiger partial charge in [0.2, 0.25) is 0 Å². The van der Waals surface area contributed by atoms with Crippen LogP contribution in [0, 0.1) is 17.1 Å². The molecule has 4 rings (SSSR count). The Labute approximate surface area is 215 Å². The molecular weight excluding hydrogens is 530 g/mol. The highest BCUT2D eigenvalue weighted by molar-refractivity contribution is 7.91. The van der Waals surface area contributed by atoms with Crippen LogP contribution in [0.15, 0.2) is 77.7 Å². The average molecular weight is 548 g/mol. The number of carbonyl (C=O) groups excluding carboxylic acids is 1. The Balaban J connectivity index is 1.81. The van der Waals surface area contributed by atoms with E-state index in [0.717, 1.165) is 41.3 Å². The smallest absolute Gasteiger partial charge is 0.346 e. The van der Waals surface area contributed by atoms with Gasteiger partial charge in [-0.05, 0) is 60.2 Å². The van der Waals surface area contributed by atoms with E-state index in [1.165, 1.54) is 6.07 Å². The number of benzene rings is 3. The topological polar surface area (TPSA) is 90.3 Å². The van der Waals surface area contributed by atoms with Gasteiger partial charge in [-0.25, -0.2) is 12.8 Å². The third-order valence-electron chi connectivity index (χ3n) is 5.81. The standard InChI is InChI=1S/C25H17F4N3O3S2/c26-18-7-10-20(11-8-18)37(34,35)15-24(13-16-4-2-1-3-5-16)22(33)32(23(36)31-24)19-9-6-17(14-30)21(12-19)25(27,28)29/h1-12H,13,15H2,(H,31,36). The van der Waals surface area contributed by atoms with E-state index in [-0.39, 0.29) is 22.1 Å². The summed E-state index contributed by atoms with van der Waals surface area (Å²) < 4.78 is 80.7. The maximum absolute atomic E-state index is 13.8. The van der Waals surface area contributed by atoms with E-state index in [1.807, 2.05) is 0 Å². The molecule has 37 heavy (non-hydrogen) atoms. The molecule has 3 aromatic carbocycles. The second kappa shape index (κ2) is 9.57. The van der Waals surface area contributed by atoms with Crippen molar-refractivity contribution in [2.24, 2.45) is 0 Å². The number of rotatable bonds is 6. The molecule has 12 heteroatoms. The van der Waals surface area contributed by atoms with Crippen LogP contribution in [0.4, 0.5) is 23.2 Å². The maximum atomic E-state index is 13.8. The molecule has 0 aromatic heterocycles. The zero-order valence-electron chi connectivity index (χ0n) is 18.8. The van der Waals surface area contributed by atoms with Gasteiger partial charge in [-0.3, -0.25) is 9.69 Å². The number of sulfone groups is 1. The molecule has 1 aliphatic rings. The quantitative estimate of drug-likeness (QED) is 0.280. The predicted molar refractivity (Wildman–Crippen MR) is 131 cm³/mol. The molecular formula is C25H17F4N3O3S2. The van der Waals surface area contributed by atoms with Gasteiger partial charge in [0, 0.05) is 6.42 Å². The first kappa shape index (κ1) is 26.2. The van der Waals surface area contributed by atoms with Gasteiger partial charge in [-0.2, -0.15) is 18.4 Å². The van der Waals surface area contributed by atoms with Crippen molar-refractivity contribution in [2.75, 3.05) is 10.7 Å². The van der Waals surface area contributed by atoms with Crippen LogP contribution in [0.25, 0.3) is 0 Å². The number of carbonyl (C=O) groups is 1. The predicted octanol–water partition coefficient (Wildman–Crippen LogP) is 4.39. The Morgan fingerprint density at radius 1 is 1.03 bits per heavy atom. The number of hydrogen-bond acceptors (Lipinski definition) is 5. The van der Waals surface area contributed by atoms with Crippen LogP contribution in [-0.2, 0) is 27.2 Å². The van der Waals surface area contributed by atoms with E-state index >= 15 is 0 Å². The number of amides is 1. The number of alkyl halides is 3. The molecule has 1 amide bonds. The van der Waals surface area contributed by atoms with E-state index in [2.05, 4.69) is 5.32 Å². The number of thiocarbonyl (C=S) groups is 1. The highest BCUT2D eigenvalue weighted by Crippen LogP contribution is 2.37. The minimum Gasteiger partial charge on any atom is -0.346 e. The van der Waals surface area contributed by atoms with Gasteiger partial charge in [-0.15, -0.1) is 0 Å². The van der Waals surface area contributed by atoms with Crippen LogP contribution in [0.1, 0.15) is 16.7 Å². The molecule has 1 fully saturated rings. The van der Waals surface area contributed by atoms with Crippen molar-refractivity contribution in [1.82, 2.24) is 5.32 Å². The van der Waals surface area contributed by atoms with Crippen molar-refractivity contribution >= 4 is 38.8 Å². The summed E-state index contributed by atoms with van der Waals surface area (Å²) in [5.74, 6) is -2.34. The fourth-order valence-electron chi connectivity index (χ4n) is 4.12. The number of nitriles is 1. The van der Waals surface area contributed by atoms with Gasteiger partial charge in [0.25, 0.3) is 5.91 Å². The molecule has 0 aliphatic carbocycles. The fraction of sp³-hybridized carbons (Fsp3) is 0.160. The minimum atomic E-state index is -4.88. The highest BCUT2D eigenvalue weighted by Gasteiger charge is 2.53. The summed E-state index contributed by atoms with van der Waals surface area (Å²) in [7, 11) is -4.20. The molecule has 0 bridgehead atoms. The van der Waals surface area contributed by atoms with Crippen LogP contribution in [0.2, 0.25) is 0 Å². The third-order valence-corrected chi connectivity index (χ3v) is 7.95. The Morgan fingerprint density at radius 2 is 1.68 bits per heavy atom. The summed E-state index contributed by atoms with van der Waals surface area (Å²) in [6.07, 6.45) is -5.04. The van der Waals surface area contributed by atoms with Crippen molar-refractivity contribution in [1.29, 1.82) is 5.26 Å². The lowest BCUT2D eigenvalue weighted by Gasteiger charge is -2.27. The second-order valence-corrected chi connectivity index (χ2v) is 10.7. The SMILES string of the molecule is N#Cc1ccc(N2C(=O)C(Cc3ccccc3)(CS(=O)(=O)c3ccc(F)cc3)NC2=S)cc1C(F)(F)F. The van der Waals surface area contributed by atoms with Gasteiger partial charge in [0.05, 0.1) is 33.5 Å². The lowest BCUT2D eigenvalue weighted by molar-refractivity contribution is -0.137. The number of nitrogens with one attached hydrogen (secondary N) is 1. The van der Waals surface area contributed by atoms with Crippen molar-refractivity contribution < 1.29 is 30.8 Å². The summed E-state index contributed by atoms with van der Waals surface area (Å²) >= 11 is 5.29. The van der Waals surface area contributed by atoms with E-state index < -0.39 is 50.2 Å². The van der Waals surface area contributed by atoms with Gasteiger partial charge in [0.1, 0.15) is 11.4 Å². The van der Waals surface area contributed by atoms with Gasteiger partial charge in [-0.1, -0.05) is 30.3 Å². The normalized spacial score (nSPS) is 18.0. The molecule has 1 atom stereocenters. The van der Waals surface area contributed by atoms with E-state index in [0.29, 0.717) is 11.6 Å². The van der Waals surface area contributed by atoms with Crippen molar-refractivity contribution in [3.05, 3.63) is 95.3 Å². The number of halogens is 4. The maximum Gasteiger partial charge on any atom is 0.417 e. The monoisotopic (exact) mass is 547 g/mol. The van der Waals surface area contributed by atoms with Gasteiger partial charge < -0.3 is 5.32 Å². The Morgan fingerprint density at radius 3 is 2.27 bits per heavy atom. The van der Waals surface area contributed by atoms with Crippen molar-refractivity contribution in [3.8, 4) is 6.07 Å². The number of nitrogens with zero attached hydrogens (tertiary/aromatic N) is 2. The first-order chi connectivity index (χ1) is 17.4. The number of hydrogen-bond donors (Lipinski definition) is 1. The summed E-state index contributed by atoms with van der Waals surface area (Å²) in [5.41, 5.74) is -3.49. The molecule has 190 valence electrons. The minimum absolute atomic E-state index is 0.161. The summed E-state index contributed by atoms with van der Waals surface area (Å²) in [4.78, 5) is 14.4. The molecule has 0 saturated carbocycles. The molecule has 0 spiro atoms. The molecule has 6 nitrogen and oxygen atoms in total. The zero-order valence-corrected chi connectivity index (χ0v) is 20.4. The first-order valence-corrected chi connectivity index (χ1v) is 12.7. The lowest BCUT2D eigenvalue weighted by Crippen LogP contribution is -2.54. The van der Waals surface area contributed by atoms with Crippen molar-refractivity contribution in [2.45, 2.75) is 23.0 Å². The molecule has 1 heterocycles. The molecule has 1 N–H and O–H groups in total. The van der Waals surface area contributed by atoms with Gasteiger partial charge in [0.15, 0.2) is 14.9 Å². The van der Waals surface area contributed by atoms with Crippen LogP contribution >= 0.6 is 12.2 Å². The number of anilines is 1. The Hall–Kier alpha value is -3.82. The molecule has 1 unspecified atom stereocenters. The Bertz CT molecular complexity index is 1520. The third kappa shape index (κ3) is 5.19. The summed E-state index contributed by atoms with van der Waals surface area (Å²) in [5, 5.41) is 11.5. The van der Waals surface area contributed by atoms with Gasteiger partial charge >= 0.3 is 6.18 Å². The molecule has 3 aromatic rings. The van der Waals surface area contributed by atoms with E-state index in [4.69, 9.17) is 17.5 Å². The van der Waals surface area contributed by atoms with Crippen molar-refractivity contribution in [3.63, 3.8) is 0 Å².